The number of nitrogens with one attached hydrogen (secondary N) is 1. The number of ether oxygens (including phenoxy) is 2. The van der Waals surface area contributed by atoms with Crippen LogP contribution in [0, 0.1) is 17.2 Å². The second-order valence-electron chi connectivity index (χ2n) is 7.12. The van der Waals surface area contributed by atoms with E-state index in [0.717, 1.165) is 37.7 Å². The summed E-state index contributed by atoms with van der Waals surface area (Å²) in [5.41, 5.74) is 0.840. The molecule has 0 spiro atoms. The highest BCUT2D eigenvalue weighted by molar-refractivity contribution is 6.01. The van der Waals surface area contributed by atoms with Gasteiger partial charge in [0.1, 0.15) is 11.6 Å². The van der Waals surface area contributed by atoms with Crippen LogP contribution >= 0.6 is 0 Å². The molecule has 1 saturated carbocycles. The molecule has 2 atom stereocenters. The lowest BCUT2D eigenvalue weighted by Gasteiger charge is -2.29. The fraction of sp³-hybridized carbons (Fsp3) is 0.545. The highest BCUT2D eigenvalue weighted by atomic mass is 16.5. The number of benzene rings is 1. The third kappa shape index (κ3) is 6.02. The van der Waals surface area contributed by atoms with Crippen molar-refractivity contribution in [1.29, 1.82) is 5.26 Å². The molecule has 146 valence electrons. The lowest BCUT2D eigenvalue weighted by Crippen LogP contribution is -2.41. The summed E-state index contributed by atoms with van der Waals surface area (Å²) in [6.45, 7) is 4.90. The van der Waals surface area contributed by atoms with Gasteiger partial charge in [-0.25, -0.2) is 0 Å². The van der Waals surface area contributed by atoms with E-state index in [1.54, 1.807) is 19.3 Å². The van der Waals surface area contributed by atoms with Crippen LogP contribution in [-0.2, 0) is 4.79 Å². The van der Waals surface area contributed by atoms with Gasteiger partial charge in [0.25, 0.3) is 5.91 Å². The Hall–Kier alpha value is -2.48. The Bertz CT molecular complexity index is 706. The minimum absolute atomic E-state index is 0.106. The van der Waals surface area contributed by atoms with E-state index in [1.807, 2.05) is 18.2 Å². The summed E-state index contributed by atoms with van der Waals surface area (Å²) in [4.78, 5) is 12.5. The Labute approximate surface area is 162 Å². The van der Waals surface area contributed by atoms with Crippen LogP contribution in [0.2, 0.25) is 0 Å². The molecule has 0 radical (unpaired) electrons. The predicted octanol–water partition coefficient (Wildman–Crippen LogP) is 4.48. The minimum Gasteiger partial charge on any atom is -0.493 e. The molecule has 2 rings (SSSR count). The quantitative estimate of drug-likeness (QED) is 0.416. The standard InChI is InChI=1S/C22H30N2O3/c1-4-5-12-27-20-11-10-17(14-21(20)26-3)13-18(15-23)22(25)24-19-9-7-6-8-16(19)2/h10-11,13-14,16,19H,4-9,12H2,1-3H3,(H,24,25)/b18-13+/t16-,19-/m1/s1. The van der Waals surface area contributed by atoms with E-state index in [4.69, 9.17) is 9.47 Å². The topological polar surface area (TPSA) is 71.3 Å². The zero-order chi connectivity index (χ0) is 19.6. The van der Waals surface area contributed by atoms with Crippen molar-refractivity contribution in [2.24, 2.45) is 5.92 Å². The Morgan fingerprint density at radius 2 is 2.11 bits per heavy atom. The van der Waals surface area contributed by atoms with Crippen molar-refractivity contribution in [2.75, 3.05) is 13.7 Å². The molecule has 1 amide bonds. The lowest BCUT2D eigenvalue weighted by molar-refractivity contribution is -0.118. The van der Waals surface area contributed by atoms with Crippen LogP contribution in [0.4, 0.5) is 0 Å². The van der Waals surface area contributed by atoms with Gasteiger partial charge in [0.2, 0.25) is 0 Å². The van der Waals surface area contributed by atoms with Crippen molar-refractivity contribution >= 4 is 12.0 Å². The number of hydrogen-bond donors (Lipinski definition) is 1. The Morgan fingerprint density at radius 1 is 1.33 bits per heavy atom. The van der Waals surface area contributed by atoms with Gasteiger partial charge < -0.3 is 14.8 Å². The van der Waals surface area contributed by atoms with Gasteiger partial charge in [0.05, 0.1) is 13.7 Å². The number of unbranched alkanes of at least 4 members (excludes halogenated alkanes) is 1. The lowest BCUT2D eigenvalue weighted by atomic mass is 9.86. The zero-order valence-corrected chi connectivity index (χ0v) is 16.6. The molecular formula is C22H30N2O3. The van der Waals surface area contributed by atoms with Crippen molar-refractivity contribution in [2.45, 2.75) is 58.4 Å². The zero-order valence-electron chi connectivity index (χ0n) is 16.6. The molecule has 0 aromatic heterocycles. The second-order valence-corrected chi connectivity index (χ2v) is 7.12. The summed E-state index contributed by atoms with van der Waals surface area (Å²) in [6.07, 6.45) is 8.06. The normalized spacial score (nSPS) is 19.9. The third-order valence-electron chi connectivity index (χ3n) is 5.05. The molecule has 0 unspecified atom stereocenters. The molecule has 1 N–H and O–H groups in total. The molecule has 27 heavy (non-hydrogen) atoms. The summed E-state index contributed by atoms with van der Waals surface area (Å²) < 4.78 is 11.1. The van der Waals surface area contributed by atoms with Crippen LogP contribution in [0.5, 0.6) is 11.5 Å². The van der Waals surface area contributed by atoms with Gasteiger partial charge in [0.15, 0.2) is 11.5 Å². The summed E-state index contributed by atoms with van der Waals surface area (Å²) >= 11 is 0. The number of hydrogen-bond acceptors (Lipinski definition) is 4. The third-order valence-corrected chi connectivity index (χ3v) is 5.05. The molecule has 0 heterocycles. The Balaban J connectivity index is 2.11. The van der Waals surface area contributed by atoms with Gasteiger partial charge in [-0.15, -0.1) is 0 Å². The first-order valence-electron chi connectivity index (χ1n) is 9.82. The van der Waals surface area contributed by atoms with Gasteiger partial charge in [-0.3, -0.25) is 4.79 Å². The maximum absolute atomic E-state index is 12.5. The van der Waals surface area contributed by atoms with Crippen molar-refractivity contribution in [3.63, 3.8) is 0 Å². The van der Waals surface area contributed by atoms with Crippen LogP contribution in [-0.4, -0.2) is 25.7 Å². The monoisotopic (exact) mass is 370 g/mol. The summed E-state index contributed by atoms with van der Waals surface area (Å²) in [5, 5.41) is 12.5. The number of nitrogens with zero attached hydrogens (tertiary/aromatic N) is 1. The maximum atomic E-state index is 12.5. The van der Waals surface area contributed by atoms with E-state index >= 15 is 0 Å². The average molecular weight is 370 g/mol. The van der Waals surface area contributed by atoms with Crippen molar-refractivity contribution in [3.8, 4) is 17.6 Å². The SMILES string of the molecule is CCCCOc1ccc(/C=C(\C#N)C(=O)N[C@@H]2CCCC[C@H]2C)cc1OC. The highest BCUT2D eigenvalue weighted by Crippen LogP contribution is 2.29. The first-order chi connectivity index (χ1) is 13.1. The fourth-order valence-electron chi connectivity index (χ4n) is 3.31. The smallest absolute Gasteiger partial charge is 0.262 e. The van der Waals surface area contributed by atoms with Crippen LogP contribution in [0.25, 0.3) is 6.08 Å². The molecule has 1 aromatic carbocycles. The molecular weight excluding hydrogens is 340 g/mol. The van der Waals surface area contributed by atoms with Crippen LogP contribution < -0.4 is 14.8 Å². The molecule has 1 fully saturated rings. The number of carbonyl (C=O) groups is 1. The van der Waals surface area contributed by atoms with E-state index in [0.29, 0.717) is 24.0 Å². The Kier molecular flexibility index (Phi) is 8.19. The molecule has 1 aliphatic carbocycles. The van der Waals surface area contributed by atoms with Gasteiger partial charge in [-0.1, -0.05) is 39.2 Å². The highest BCUT2D eigenvalue weighted by Gasteiger charge is 2.24. The first-order valence-corrected chi connectivity index (χ1v) is 9.82. The average Bonchev–Trinajstić information content (AvgIpc) is 2.68. The van der Waals surface area contributed by atoms with Crippen molar-refractivity contribution < 1.29 is 14.3 Å². The van der Waals surface area contributed by atoms with Crippen LogP contribution in [0.3, 0.4) is 0 Å². The number of amides is 1. The number of carbonyl (C=O) groups excluding carboxylic acids is 1. The molecule has 1 aromatic rings. The molecule has 0 saturated heterocycles. The van der Waals surface area contributed by atoms with Gasteiger partial charge >= 0.3 is 0 Å². The van der Waals surface area contributed by atoms with E-state index in [9.17, 15) is 10.1 Å². The minimum atomic E-state index is -0.307. The van der Waals surface area contributed by atoms with Gasteiger partial charge in [-0.05, 0) is 49.0 Å². The fourth-order valence-corrected chi connectivity index (χ4v) is 3.31. The molecule has 0 aliphatic heterocycles. The number of nitriles is 1. The summed E-state index contributed by atoms with van der Waals surface area (Å²) in [6, 6.07) is 7.60. The van der Waals surface area contributed by atoms with Crippen molar-refractivity contribution in [1.82, 2.24) is 5.32 Å². The largest absolute Gasteiger partial charge is 0.493 e. The maximum Gasteiger partial charge on any atom is 0.262 e. The van der Waals surface area contributed by atoms with Crippen LogP contribution in [0.15, 0.2) is 23.8 Å². The predicted molar refractivity (Wildman–Crippen MR) is 107 cm³/mol. The van der Waals surface area contributed by atoms with E-state index in [2.05, 4.69) is 19.2 Å². The summed E-state index contributed by atoms with van der Waals surface area (Å²) in [5.74, 6) is 1.40. The summed E-state index contributed by atoms with van der Waals surface area (Å²) in [7, 11) is 1.58. The molecule has 1 aliphatic rings. The van der Waals surface area contributed by atoms with E-state index in [-0.39, 0.29) is 17.5 Å². The molecule has 0 bridgehead atoms. The molecule has 5 nitrogen and oxygen atoms in total. The van der Waals surface area contributed by atoms with E-state index in [1.165, 1.54) is 6.42 Å². The van der Waals surface area contributed by atoms with E-state index < -0.39 is 0 Å². The first kappa shape index (κ1) is 20.8. The van der Waals surface area contributed by atoms with Gasteiger partial charge in [0, 0.05) is 6.04 Å². The molecule has 5 heteroatoms. The van der Waals surface area contributed by atoms with Crippen LogP contribution in [0.1, 0.15) is 57.9 Å². The number of methoxy groups -OCH3 is 1. The Morgan fingerprint density at radius 3 is 2.78 bits per heavy atom. The number of rotatable bonds is 8. The van der Waals surface area contributed by atoms with Crippen molar-refractivity contribution in [3.05, 3.63) is 29.3 Å². The second kappa shape index (κ2) is 10.6. The van der Waals surface area contributed by atoms with Gasteiger partial charge in [-0.2, -0.15) is 5.26 Å².